The Bertz CT molecular complexity index is 169. The molecule has 0 aromatic heterocycles. The van der Waals surface area contributed by atoms with Gasteiger partial charge in [-0.1, -0.05) is 26.7 Å². The molecule has 2 N–H and O–H groups in total. The van der Waals surface area contributed by atoms with Gasteiger partial charge in [0.15, 0.2) is 0 Å². The van der Waals surface area contributed by atoms with Crippen molar-refractivity contribution in [1.82, 2.24) is 4.90 Å². The Hall–Kier alpha value is -0.520. The van der Waals surface area contributed by atoms with Gasteiger partial charge in [0.2, 0.25) is 0 Å². The van der Waals surface area contributed by atoms with E-state index in [-0.39, 0.29) is 5.41 Å². The molecule has 0 unspecified atom stereocenters. The zero-order valence-electron chi connectivity index (χ0n) is 9.84. The molecule has 82 valence electrons. The summed E-state index contributed by atoms with van der Waals surface area (Å²) in [6.07, 6.45) is 7.58. The second kappa shape index (κ2) is 6.86. The van der Waals surface area contributed by atoms with Gasteiger partial charge >= 0.3 is 0 Å². The third-order valence-corrected chi connectivity index (χ3v) is 3.25. The van der Waals surface area contributed by atoms with E-state index in [2.05, 4.69) is 31.6 Å². The summed E-state index contributed by atoms with van der Waals surface area (Å²) in [5.41, 5.74) is 6.11. The molecule has 0 aliphatic heterocycles. The summed E-state index contributed by atoms with van der Waals surface area (Å²) in [5, 5.41) is 0. The molecule has 0 saturated heterocycles. The molecule has 0 heterocycles. The molecule has 0 rings (SSSR count). The number of nitrogens with zero attached hydrogens (tertiary/aromatic N) is 1. The Morgan fingerprint density at radius 3 is 2.14 bits per heavy atom. The van der Waals surface area contributed by atoms with Crippen molar-refractivity contribution in [3.63, 3.8) is 0 Å². The lowest BCUT2D eigenvalue weighted by molar-refractivity contribution is 0.161. The molecular weight excluding hydrogens is 172 g/mol. The molecule has 14 heavy (non-hydrogen) atoms. The van der Waals surface area contributed by atoms with E-state index >= 15 is 0 Å². The average molecular weight is 196 g/mol. The maximum Gasteiger partial charge on any atom is 0.0599 e. The topological polar surface area (TPSA) is 29.3 Å². The third-order valence-electron chi connectivity index (χ3n) is 3.25. The highest BCUT2D eigenvalue weighted by Crippen LogP contribution is 2.25. The van der Waals surface area contributed by atoms with Crippen molar-refractivity contribution in [2.75, 3.05) is 26.2 Å². The van der Waals surface area contributed by atoms with E-state index in [4.69, 9.17) is 12.2 Å². The summed E-state index contributed by atoms with van der Waals surface area (Å²) in [6, 6.07) is 0. The molecule has 0 aliphatic rings. The van der Waals surface area contributed by atoms with Crippen LogP contribution < -0.4 is 5.73 Å². The molecule has 2 heteroatoms. The quantitative estimate of drug-likeness (QED) is 0.628. The van der Waals surface area contributed by atoms with E-state index in [0.29, 0.717) is 0 Å². The molecule has 0 aromatic rings. The van der Waals surface area contributed by atoms with Crippen LogP contribution in [-0.4, -0.2) is 31.1 Å². The molecular formula is C12H24N2. The summed E-state index contributed by atoms with van der Waals surface area (Å²) in [6.45, 7) is 10.1. The zero-order valence-corrected chi connectivity index (χ0v) is 9.84. The third kappa shape index (κ3) is 3.69. The van der Waals surface area contributed by atoms with Gasteiger partial charge in [0, 0.05) is 6.54 Å². The van der Waals surface area contributed by atoms with Gasteiger partial charge in [-0.15, -0.1) is 6.42 Å². The van der Waals surface area contributed by atoms with E-state index in [9.17, 15) is 0 Å². The molecule has 0 radical (unpaired) electrons. The lowest BCUT2D eigenvalue weighted by atomic mass is 9.82. The Balaban J connectivity index is 4.33. The van der Waals surface area contributed by atoms with Crippen LogP contribution in [0.3, 0.4) is 0 Å². The van der Waals surface area contributed by atoms with Crippen molar-refractivity contribution < 1.29 is 0 Å². The number of hydrogen-bond acceptors (Lipinski definition) is 2. The van der Waals surface area contributed by atoms with Crippen LogP contribution in [0.15, 0.2) is 0 Å². The molecule has 0 aromatic carbocycles. The Kier molecular flexibility index (Phi) is 6.61. The van der Waals surface area contributed by atoms with Crippen molar-refractivity contribution in [3.8, 4) is 12.3 Å². The fourth-order valence-corrected chi connectivity index (χ4v) is 1.71. The summed E-state index contributed by atoms with van der Waals surface area (Å²) in [5.74, 6) is 2.70. The van der Waals surface area contributed by atoms with Crippen LogP contribution in [0.5, 0.6) is 0 Å². The van der Waals surface area contributed by atoms with Crippen molar-refractivity contribution in [2.24, 2.45) is 11.1 Å². The van der Waals surface area contributed by atoms with E-state index in [0.717, 1.165) is 39.0 Å². The summed E-state index contributed by atoms with van der Waals surface area (Å²) in [7, 11) is 0. The van der Waals surface area contributed by atoms with Gasteiger partial charge in [0.1, 0.15) is 0 Å². The van der Waals surface area contributed by atoms with Crippen LogP contribution in [0.4, 0.5) is 0 Å². The number of terminal acetylenes is 1. The smallest absolute Gasteiger partial charge is 0.0599 e. The molecule has 0 spiro atoms. The SMILES string of the molecule is C#CCN(CC)CC(CC)(CC)CN. The van der Waals surface area contributed by atoms with Gasteiger partial charge in [-0.3, -0.25) is 4.90 Å². The van der Waals surface area contributed by atoms with Crippen molar-refractivity contribution in [2.45, 2.75) is 33.6 Å². The number of nitrogens with two attached hydrogens (primary N) is 1. The predicted molar refractivity (Wildman–Crippen MR) is 63.0 cm³/mol. The van der Waals surface area contributed by atoms with E-state index in [1.165, 1.54) is 0 Å². The highest BCUT2D eigenvalue weighted by atomic mass is 15.1. The van der Waals surface area contributed by atoms with Crippen molar-refractivity contribution in [1.29, 1.82) is 0 Å². The molecule has 0 amide bonds. The molecule has 0 aliphatic carbocycles. The van der Waals surface area contributed by atoms with Crippen LogP contribution in [0.25, 0.3) is 0 Å². The van der Waals surface area contributed by atoms with Crippen LogP contribution >= 0.6 is 0 Å². The van der Waals surface area contributed by atoms with Gasteiger partial charge in [0.25, 0.3) is 0 Å². The number of rotatable bonds is 7. The average Bonchev–Trinajstić information content (AvgIpc) is 2.25. The predicted octanol–water partition coefficient (Wildman–Crippen LogP) is 1.71. The van der Waals surface area contributed by atoms with Gasteiger partial charge in [0.05, 0.1) is 6.54 Å². The Morgan fingerprint density at radius 2 is 1.86 bits per heavy atom. The Morgan fingerprint density at radius 1 is 1.29 bits per heavy atom. The Labute approximate surface area is 88.9 Å². The van der Waals surface area contributed by atoms with E-state index in [1.807, 2.05) is 0 Å². The van der Waals surface area contributed by atoms with E-state index in [1.54, 1.807) is 0 Å². The first-order valence-electron chi connectivity index (χ1n) is 5.53. The minimum absolute atomic E-state index is 0.257. The van der Waals surface area contributed by atoms with Gasteiger partial charge in [-0.2, -0.15) is 0 Å². The van der Waals surface area contributed by atoms with Crippen LogP contribution in [0.2, 0.25) is 0 Å². The minimum atomic E-state index is 0.257. The highest BCUT2D eigenvalue weighted by molar-refractivity contribution is 4.90. The lowest BCUT2D eigenvalue weighted by Crippen LogP contribution is -2.42. The normalized spacial score (nSPS) is 11.7. The summed E-state index contributed by atoms with van der Waals surface area (Å²) >= 11 is 0. The van der Waals surface area contributed by atoms with Crippen molar-refractivity contribution in [3.05, 3.63) is 0 Å². The fourth-order valence-electron chi connectivity index (χ4n) is 1.71. The second-order valence-electron chi connectivity index (χ2n) is 3.92. The van der Waals surface area contributed by atoms with Crippen LogP contribution in [0.1, 0.15) is 33.6 Å². The highest BCUT2D eigenvalue weighted by Gasteiger charge is 2.26. The maximum absolute atomic E-state index is 5.85. The number of hydrogen-bond donors (Lipinski definition) is 1. The fraction of sp³-hybridized carbons (Fsp3) is 0.833. The maximum atomic E-state index is 5.85. The first-order valence-corrected chi connectivity index (χ1v) is 5.53. The first-order chi connectivity index (χ1) is 6.67. The molecule has 0 atom stereocenters. The van der Waals surface area contributed by atoms with Crippen LogP contribution in [-0.2, 0) is 0 Å². The summed E-state index contributed by atoms with van der Waals surface area (Å²) in [4.78, 5) is 2.29. The standard InChI is InChI=1S/C12H24N2/c1-5-9-14(8-4)11-12(6-2,7-3)10-13/h1H,6-11,13H2,2-4H3. The van der Waals surface area contributed by atoms with Gasteiger partial charge < -0.3 is 5.73 Å². The van der Waals surface area contributed by atoms with Crippen molar-refractivity contribution >= 4 is 0 Å². The minimum Gasteiger partial charge on any atom is -0.330 e. The molecule has 0 saturated carbocycles. The largest absolute Gasteiger partial charge is 0.330 e. The van der Waals surface area contributed by atoms with Gasteiger partial charge in [-0.05, 0) is 31.3 Å². The molecule has 0 fully saturated rings. The lowest BCUT2D eigenvalue weighted by Gasteiger charge is -2.35. The second-order valence-corrected chi connectivity index (χ2v) is 3.92. The van der Waals surface area contributed by atoms with E-state index < -0.39 is 0 Å². The molecule has 2 nitrogen and oxygen atoms in total. The van der Waals surface area contributed by atoms with Gasteiger partial charge in [-0.25, -0.2) is 0 Å². The zero-order chi connectivity index (χ0) is 11.0. The summed E-state index contributed by atoms with van der Waals surface area (Å²) < 4.78 is 0. The monoisotopic (exact) mass is 196 g/mol. The van der Waals surface area contributed by atoms with Crippen LogP contribution in [0, 0.1) is 17.8 Å². The first kappa shape index (κ1) is 13.5. The molecule has 0 bridgehead atoms.